The molecule has 1 fully saturated rings. The Morgan fingerprint density at radius 3 is 2.50 bits per heavy atom. The van der Waals surface area contributed by atoms with Crippen molar-refractivity contribution in [3.8, 4) is 11.5 Å². The fraction of sp³-hybridized carbons (Fsp3) is 0.409. The van der Waals surface area contributed by atoms with Crippen LogP contribution < -0.4 is 19.7 Å². The van der Waals surface area contributed by atoms with E-state index in [2.05, 4.69) is 17.1 Å². The molecule has 0 spiro atoms. The Balaban J connectivity index is 0.00000225. The SMILES string of the molecule is Cc1ccc(C(=O)NC(C)c2ccc3c(c2)OCCO3)cc1N1CCCC1.Cl. The van der Waals surface area contributed by atoms with Crippen LogP contribution >= 0.6 is 12.4 Å². The molecule has 1 saturated heterocycles. The lowest BCUT2D eigenvalue weighted by Crippen LogP contribution is -2.27. The van der Waals surface area contributed by atoms with E-state index >= 15 is 0 Å². The zero-order chi connectivity index (χ0) is 18.8. The summed E-state index contributed by atoms with van der Waals surface area (Å²) >= 11 is 0. The van der Waals surface area contributed by atoms with Gasteiger partial charge in [0, 0.05) is 24.3 Å². The molecule has 1 unspecified atom stereocenters. The van der Waals surface area contributed by atoms with E-state index in [1.54, 1.807) is 0 Å². The maximum atomic E-state index is 12.8. The number of fused-ring (bicyclic) bond motifs is 1. The summed E-state index contributed by atoms with van der Waals surface area (Å²) in [6.45, 7) is 7.36. The molecule has 1 N–H and O–H groups in total. The number of ether oxygens (including phenoxy) is 2. The number of amides is 1. The van der Waals surface area contributed by atoms with Crippen LogP contribution in [0, 0.1) is 6.92 Å². The molecule has 1 amide bonds. The molecule has 6 heteroatoms. The Bertz CT molecular complexity index is 850. The van der Waals surface area contributed by atoms with Crippen molar-refractivity contribution in [2.24, 2.45) is 0 Å². The van der Waals surface area contributed by atoms with Gasteiger partial charge in [0.2, 0.25) is 0 Å². The van der Waals surface area contributed by atoms with Crippen LogP contribution in [-0.2, 0) is 0 Å². The van der Waals surface area contributed by atoms with E-state index < -0.39 is 0 Å². The van der Waals surface area contributed by atoms with Gasteiger partial charge in [-0.1, -0.05) is 12.1 Å². The van der Waals surface area contributed by atoms with Crippen molar-refractivity contribution < 1.29 is 14.3 Å². The summed E-state index contributed by atoms with van der Waals surface area (Å²) in [5.41, 5.74) is 4.09. The van der Waals surface area contributed by atoms with E-state index in [9.17, 15) is 4.79 Å². The highest BCUT2D eigenvalue weighted by Gasteiger charge is 2.19. The molecule has 0 aliphatic carbocycles. The van der Waals surface area contributed by atoms with Crippen LogP contribution in [0.3, 0.4) is 0 Å². The highest BCUT2D eigenvalue weighted by molar-refractivity contribution is 5.95. The van der Waals surface area contributed by atoms with Gasteiger partial charge in [-0.3, -0.25) is 4.79 Å². The number of halogens is 1. The average molecular weight is 403 g/mol. The average Bonchev–Trinajstić information content (AvgIpc) is 3.22. The molecule has 2 aliphatic heterocycles. The van der Waals surface area contributed by atoms with Gasteiger partial charge in [0.25, 0.3) is 5.91 Å². The highest BCUT2D eigenvalue weighted by Crippen LogP contribution is 2.32. The van der Waals surface area contributed by atoms with Gasteiger partial charge in [0.05, 0.1) is 6.04 Å². The summed E-state index contributed by atoms with van der Waals surface area (Å²) in [6.07, 6.45) is 2.44. The van der Waals surface area contributed by atoms with E-state index in [1.807, 2.05) is 43.3 Å². The summed E-state index contributed by atoms with van der Waals surface area (Å²) in [7, 11) is 0. The number of rotatable bonds is 4. The van der Waals surface area contributed by atoms with Crippen LogP contribution in [0.5, 0.6) is 11.5 Å². The van der Waals surface area contributed by atoms with Crippen molar-refractivity contribution >= 4 is 24.0 Å². The largest absolute Gasteiger partial charge is 0.486 e. The van der Waals surface area contributed by atoms with Gasteiger partial charge in [-0.25, -0.2) is 0 Å². The molecule has 0 bridgehead atoms. The molecular formula is C22H27ClN2O3. The Hall–Kier alpha value is -2.40. The van der Waals surface area contributed by atoms with Gasteiger partial charge in [0.1, 0.15) is 13.2 Å². The van der Waals surface area contributed by atoms with Crippen LogP contribution in [0.4, 0.5) is 5.69 Å². The van der Waals surface area contributed by atoms with Crippen LogP contribution in [0.15, 0.2) is 36.4 Å². The number of anilines is 1. The van der Waals surface area contributed by atoms with E-state index in [-0.39, 0.29) is 24.4 Å². The van der Waals surface area contributed by atoms with Gasteiger partial charge >= 0.3 is 0 Å². The molecule has 0 radical (unpaired) electrons. The van der Waals surface area contributed by atoms with Gasteiger partial charge in [-0.05, 0) is 62.1 Å². The maximum absolute atomic E-state index is 12.8. The molecule has 0 aromatic heterocycles. The fourth-order valence-electron chi connectivity index (χ4n) is 3.74. The number of nitrogens with one attached hydrogen (secondary N) is 1. The third-order valence-electron chi connectivity index (χ3n) is 5.33. The topological polar surface area (TPSA) is 50.8 Å². The van der Waals surface area contributed by atoms with Crippen molar-refractivity contribution in [3.63, 3.8) is 0 Å². The van der Waals surface area contributed by atoms with Gasteiger partial charge in [-0.15, -0.1) is 12.4 Å². The second-order valence-corrected chi connectivity index (χ2v) is 7.29. The molecule has 5 nitrogen and oxygen atoms in total. The summed E-state index contributed by atoms with van der Waals surface area (Å²) in [4.78, 5) is 15.2. The van der Waals surface area contributed by atoms with E-state index in [0.717, 1.165) is 30.2 Å². The molecule has 0 saturated carbocycles. The first-order valence-corrected chi connectivity index (χ1v) is 9.68. The predicted octanol–water partition coefficient (Wildman–Crippen LogP) is 4.28. The quantitative estimate of drug-likeness (QED) is 0.829. The molecular weight excluding hydrogens is 376 g/mol. The number of carbonyl (C=O) groups is 1. The summed E-state index contributed by atoms with van der Waals surface area (Å²) in [5, 5.41) is 3.10. The van der Waals surface area contributed by atoms with E-state index in [4.69, 9.17) is 9.47 Å². The number of aryl methyl sites for hydroxylation is 1. The molecule has 2 heterocycles. The Morgan fingerprint density at radius 1 is 1.04 bits per heavy atom. The van der Waals surface area contributed by atoms with Crippen molar-refractivity contribution in [3.05, 3.63) is 53.1 Å². The zero-order valence-corrected chi connectivity index (χ0v) is 17.2. The smallest absolute Gasteiger partial charge is 0.251 e. The standard InChI is InChI=1S/C22H26N2O3.ClH/c1-15-5-6-18(13-19(15)24-9-3-4-10-24)22(25)23-16(2)17-7-8-20-21(14-17)27-12-11-26-20;/h5-8,13-14,16H,3-4,9-12H2,1-2H3,(H,23,25);1H. The fourth-order valence-corrected chi connectivity index (χ4v) is 3.74. The van der Waals surface area contributed by atoms with Crippen LogP contribution in [0.2, 0.25) is 0 Å². The lowest BCUT2D eigenvalue weighted by molar-refractivity contribution is 0.0939. The normalized spacial score (nSPS) is 16.3. The molecule has 2 aliphatic rings. The lowest BCUT2D eigenvalue weighted by Gasteiger charge is -2.22. The molecule has 2 aromatic carbocycles. The monoisotopic (exact) mass is 402 g/mol. The minimum absolute atomic E-state index is 0. The first-order valence-electron chi connectivity index (χ1n) is 9.68. The number of carbonyl (C=O) groups excluding carboxylic acids is 1. The van der Waals surface area contributed by atoms with Gasteiger partial charge in [0.15, 0.2) is 11.5 Å². The third-order valence-corrected chi connectivity index (χ3v) is 5.33. The first-order chi connectivity index (χ1) is 13.1. The lowest BCUT2D eigenvalue weighted by atomic mass is 10.1. The Morgan fingerprint density at radius 2 is 1.75 bits per heavy atom. The second kappa shape index (κ2) is 8.74. The molecule has 28 heavy (non-hydrogen) atoms. The number of nitrogens with zero attached hydrogens (tertiary/aromatic N) is 1. The first kappa shape index (κ1) is 20.3. The van der Waals surface area contributed by atoms with Crippen molar-refractivity contribution in [1.29, 1.82) is 0 Å². The van der Waals surface area contributed by atoms with Crippen molar-refractivity contribution in [2.45, 2.75) is 32.7 Å². The number of hydrogen-bond acceptors (Lipinski definition) is 4. The molecule has 150 valence electrons. The minimum Gasteiger partial charge on any atom is -0.486 e. The van der Waals surface area contributed by atoms with Crippen molar-refractivity contribution in [1.82, 2.24) is 5.32 Å². The molecule has 1 atom stereocenters. The van der Waals surface area contributed by atoms with Crippen LogP contribution in [-0.4, -0.2) is 32.2 Å². The number of benzene rings is 2. The summed E-state index contributed by atoms with van der Waals surface area (Å²) in [6, 6.07) is 11.7. The zero-order valence-electron chi connectivity index (χ0n) is 16.4. The molecule has 4 rings (SSSR count). The molecule has 2 aromatic rings. The summed E-state index contributed by atoms with van der Waals surface area (Å²) in [5.74, 6) is 1.45. The Labute approximate surface area is 172 Å². The third kappa shape index (κ3) is 4.20. The second-order valence-electron chi connectivity index (χ2n) is 7.29. The number of hydrogen-bond donors (Lipinski definition) is 1. The van der Waals surface area contributed by atoms with Gasteiger partial charge in [-0.2, -0.15) is 0 Å². The van der Waals surface area contributed by atoms with Gasteiger partial charge < -0.3 is 19.7 Å². The minimum atomic E-state index is -0.120. The van der Waals surface area contributed by atoms with Crippen molar-refractivity contribution in [2.75, 3.05) is 31.2 Å². The summed E-state index contributed by atoms with van der Waals surface area (Å²) < 4.78 is 11.2. The highest BCUT2D eigenvalue weighted by atomic mass is 35.5. The van der Waals surface area contributed by atoms with Crippen LogP contribution in [0.1, 0.15) is 47.3 Å². The maximum Gasteiger partial charge on any atom is 0.251 e. The van der Waals surface area contributed by atoms with Crippen LogP contribution in [0.25, 0.3) is 0 Å². The van der Waals surface area contributed by atoms with E-state index in [1.165, 1.54) is 24.1 Å². The Kier molecular flexibility index (Phi) is 6.35. The predicted molar refractivity (Wildman–Crippen MR) is 113 cm³/mol. The van der Waals surface area contributed by atoms with E-state index in [0.29, 0.717) is 18.8 Å².